The SMILES string of the molecule is BrCCCC1CCCCCCCCCC1. The highest BCUT2D eigenvalue weighted by Crippen LogP contribution is 2.24. The molecule has 15 heavy (non-hydrogen) atoms. The van der Waals surface area contributed by atoms with Gasteiger partial charge >= 0.3 is 0 Å². The highest BCUT2D eigenvalue weighted by Gasteiger charge is 2.08. The third-order valence-electron chi connectivity index (χ3n) is 3.72. The fourth-order valence-corrected chi connectivity index (χ4v) is 3.05. The van der Waals surface area contributed by atoms with Gasteiger partial charge in [-0.2, -0.15) is 0 Å². The first kappa shape index (κ1) is 13.5. The summed E-state index contributed by atoms with van der Waals surface area (Å²) in [7, 11) is 0. The lowest BCUT2D eigenvalue weighted by atomic mass is 9.91. The zero-order valence-corrected chi connectivity index (χ0v) is 11.7. The topological polar surface area (TPSA) is 0 Å². The van der Waals surface area contributed by atoms with Gasteiger partial charge in [-0.15, -0.1) is 0 Å². The van der Waals surface area contributed by atoms with Crippen molar-refractivity contribution in [2.45, 2.75) is 77.0 Å². The quantitative estimate of drug-likeness (QED) is 0.580. The van der Waals surface area contributed by atoms with Crippen LogP contribution in [0.2, 0.25) is 0 Å². The molecule has 0 spiro atoms. The summed E-state index contributed by atoms with van der Waals surface area (Å²) >= 11 is 3.55. The van der Waals surface area contributed by atoms with Crippen molar-refractivity contribution in [2.75, 3.05) is 5.33 Å². The number of halogens is 1. The molecule has 90 valence electrons. The predicted octanol–water partition coefficient (Wildman–Crippen LogP) is 5.69. The molecule has 1 aliphatic rings. The van der Waals surface area contributed by atoms with Gasteiger partial charge in [-0.3, -0.25) is 0 Å². The van der Waals surface area contributed by atoms with Crippen LogP contribution in [0, 0.1) is 5.92 Å². The average Bonchev–Trinajstić information content (AvgIpc) is 2.31. The van der Waals surface area contributed by atoms with Crippen molar-refractivity contribution in [1.29, 1.82) is 0 Å². The largest absolute Gasteiger partial charge is 0.0928 e. The number of hydrogen-bond donors (Lipinski definition) is 0. The maximum atomic E-state index is 3.55. The maximum absolute atomic E-state index is 3.55. The van der Waals surface area contributed by atoms with Crippen LogP contribution in [0.3, 0.4) is 0 Å². The monoisotopic (exact) mass is 274 g/mol. The molecule has 0 aliphatic heterocycles. The molecule has 0 nitrogen and oxygen atoms in total. The van der Waals surface area contributed by atoms with Crippen LogP contribution in [0.4, 0.5) is 0 Å². The number of hydrogen-bond acceptors (Lipinski definition) is 0. The standard InChI is InChI=1S/C14H27Br/c15-13-9-12-14-10-7-5-3-1-2-4-6-8-11-14/h14H,1-13H2. The first-order valence-corrected chi connectivity index (χ1v) is 8.11. The van der Waals surface area contributed by atoms with Crippen molar-refractivity contribution in [1.82, 2.24) is 0 Å². The Balaban J connectivity index is 2.19. The van der Waals surface area contributed by atoms with Crippen LogP contribution < -0.4 is 0 Å². The highest BCUT2D eigenvalue weighted by molar-refractivity contribution is 9.09. The Bertz CT molecular complexity index is 121. The Hall–Kier alpha value is 0.480. The lowest BCUT2D eigenvalue weighted by molar-refractivity contribution is 0.387. The van der Waals surface area contributed by atoms with E-state index in [2.05, 4.69) is 15.9 Å². The summed E-state index contributed by atoms with van der Waals surface area (Å²) in [6, 6.07) is 0. The number of alkyl halides is 1. The first-order chi connectivity index (χ1) is 7.43. The molecule has 0 amide bonds. The molecule has 0 N–H and O–H groups in total. The molecule has 1 heteroatoms. The second-order valence-electron chi connectivity index (χ2n) is 5.10. The van der Waals surface area contributed by atoms with Crippen molar-refractivity contribution in [3.63, 3.8) is 0 Å². The highest BCUT2D eigenvalue weighted by atomic mass is 79.9. The lowest BCUT2D eigenvalue weighted by Gasteiger charge is -2.15. The summed E-state index contributed by atoms with van der Waals surface area (Å²) in [6.07, 6.45) is 17.8. The van der Waals surface area contributed by atoms with Crippen molar-refractivity contribution < 1.29 is 0 Å². The molecular formula is C14H27Br. The smallest absolute Gasteiger partial charge is 0.00314 e. The Morgan fingerprint density at radius 3 is 1.67 bits per heavy atom. The van der Waals surface area contributed by atoms with Gasteiger partial charge < -0.3 is 0 Å². The Kier molecular flexibility index (Phi) is 8.75. The minimum atomic E-state index is 1.04. The molecule has 0 aromatic carbocycles. The van der Waals surface area contributed by atoms with E-state index in [1.165, 1.54) is 82.4 Å². The average molecular weight is 275 g/mol. The van der Waals surface area contributed by atoms with E-state index in [1.807, 2.05) is 0 Å². The molecule has 0 aromatic heterocycles. The first-order valence-electron chi connectivity index (χ1n) is 6.99. The van der Waals surface area contributed by atoms with Crippen molar-refractivity contribution in [3.8, 4) is 0 Å². The Labute approximate surface area is 104 Å². The van der Waals surface area contributed by atoms with Gasteiger partial charge in [0, 0.05) is 5.33 Å². The van der Waals surface area contributed by atoms with Crippen LogP contribution in [0.1, 0.15) is 77.0 Å². The van der Waals surface area contributed by atoms with E-state index in [-0.39, 0.29) is 0 Å². The van der Waals surface area contributed by atoms with E-state index in [4.69, 9.17) is 0 Å². The number of rotatable bonds is 3. The summed E-state index contributed by atoms with van der Waals surface area (Å²) < 4.78 is 0. The second-order valence-corrected chi connectivity index (χ2v) is 5.90. The van der Waals surface area contributed by atoms with E-state index in [0.29, 0.717) is 0 Å². The minimum absolute atomic E-state index is 1.04. The van der Waals surface area contributed by atoms with Crippen LogP contribution in [-0.4, -0.2) is 5.33 Å². The van der Waals surface area contributed by atoms with Crippen LogP contribution >= 0.6 is 15.9 Å². The zero-order chi connectivity index (χ0) is 10.8. The van der Waals surface area contributed by atoms with Gasteiger partial charge in [0.1, 0.15) is 0 Å². The summed E-state index contributed by atoms with van der Waals surface area (Å²) in [6.45, 7) is 0. The zero-order valence-electron chi connectivity index (χ0n) is 10.1. The van der Waals surface area contributed by atoms with Crippen LogP contribution in [-0.2, 0) is 0 Å². The summed E-state index contributed by atoms with van der Waals surface area (Å²) in [5.41, 5.74) is 0. The second kappa shape index (κ2) is 9.69. The molecule has 1 fully saturated rings. The summed E-state index contributed by atoms with van der Waals surface area (Å²) in [5.74, 6) is 1.04. The molecule has 1 saturated carbocycles. The summed E-state index contributed by atoms with van der Waals surface area (Å²) in [4.78, 5) is 0. The van der Waals surface area contributed by atoms with E-state index in [1.54, 1.807) is 0 Å². The van der Waals surface area contributed by atoms with E-state index in [0.717, 1.165) is 5.92 Å². The van der Waals surface area contributed by atoms with Gasteiger partial charge in [-0.1, -0.05) is 80.1 Å². The summed E-state index contributed by atoms with van der Waals surface area (Å²) in [5, 5.41) is 1.20. The molecule has 0 bridgehead atoms. The molecule has 0 atom stereocenters. The molecule has 0 aromatic rings. The van der Waals surface area contributed by atoms with Gasteiger partial charge in [0.2, 0.25) is 0 Å². The molecule has 1 rings (SSSR count). The molecule has 0 radical (unpaired) electrons. The van der Waals surface area contributed by atoms with E-state index < -0.39 is 0 Å². The maximum Gasteiger partial charge on any atom is 0.00314 e. The van der Waals surface area contributed by atoms with Crippen molar-refractivity contribution in [3.05, 3.63) is 0 Å². The fourth-order valence-electron chi connectivity index (χ4n) is 2.73. The van der Waals surface area contributed by atoms with Gasteiger partial charge in [0.25, 0.3) is 0 Å². The molecule has 0 unspecified atom stereocenters. The van der Waals surface area contributed by atoms with Crippen LogP contribution in [0.5, 0.6) is 0 Å². The predicted molar refractivity (Wildman–Crippen MR) is 72.7 cm³/mol. The Morgan fingerprint density at radius 1 is 0.733 bits per heavy atom. The third kappa shape index (κ3) is 7.38. The molecule has 0 heterocycles. The van der Waals surface area contributed by atoms with Gasteiger partial charge in [-0.25, -0.2) is 0 Å². The van der Waals surface area contributed by atoms with Crippen molar-refractivity contribution in [2.24, 2.45) is 5.92 Å². The molecule has 1 aliphatic carbocycles. The van der Waals surface area contributed by atoms with Crippen LogP contribution in [0.25, 0.3) is 0 Å². The van der Waals surface area contributed by atoms with Gasteiger partial charge in [0.05, 0.1) is 0 Å². The molecule has 0 saturated heterocycles. The third-order valence-corrected chi connectivity index (χ3v) is 4.28. The molecular weight excluding hydrogens is 248 g/mol. The van der Waals surface area contributed by atoms with Crippen molar-refractivity contribution >= 4 is 15.9 Å². The minimum Gasteiger partial charge on any atom is -0.0928 e. The lowest BCUT2D eigenvalue weighted by Crippen LogP contribution is -2.01. The van der Waals surface area contributed by atoms with E-state index in [9.17, 15) is 0 Å². The normalized spacial score (nSPS) is 22.2. The van der Waals surface area contributed by atoms with E-state index >= 15 is 0 Å². The van der Waals surface area contributed by atoms with Gasteiger partial charge in [0.15, 0.2) is 0 Å². The van der Waals surface area contributed by atoms with Gasteiger partial charge in [-0.05, 0) is 18.8 Å². The van der Waals surface area contributed by atoms with Crippen LogP contribution in [0.15, 0.2) is 0 Å². The fraction of sp³-hybridized carbons (Fsp3) is 1.00. The Morgan fingerprint density at radius 2 is 1.20 bits per heavy atom.